The molecule has 1 saturated carbocycles. The Labute approximate surface area is 390 Å². The Morgan fingerprint density at radius 3 is 2.45 bits per heavy atom. The lowest BCUT2D eigenvalue weighted by molar-refractivity contribution is -0.148. The number of halogens is 1. The fraction of sp³-hybridized carbons (Fsp3) is 0.520. The van der Waals surface area contributed by atoms with Crippen LogP contribution >= 0.6 is 18.9 Å². The number of thiophene rings is 1. The molecule has 1 spiro atoms. The van der Waals surface area contributed by atoms with Crippen LogP contribution < -0.4 is 14.9 Å². The van der Waals surface area contributed by atoms with Gasteiger partial charge in [0, 0.05) is 47.4 Å². The minimum atomic E-state index is -4.47. The van der Waals surface area contributed by atoms with Gasteiger partial charge in [0.15, 0.2) is 0 Å². The van der Waals surface area contributed by atoms with E-state index in [1.165, 1.54) is 36.0 Å². The average molecular weight is 942 g/mol. The molecule has 3 aromatic carbocycles. The number of amides is 3. The molecule has 9 atom stereocenters. The number of esters is 1. The Kier molecular flexibility index (Phi) is 13.7. The number of likely N-dealkylation sites (tertiary alicyclic amines) is 1. The molecular weight excluding hydrogens is 881 g/mol. The van der Waals surface area contributed by atoms with Crippen molar-refractivity contribution >= 4 is 52.6 Å². The van der Waals surface area contributed by atoms with Gasteiger partial charge in [-0.1, -0.05) is 61.5 Å². The summed E-state index contributed by atoms with van der Waals surface area (Å²) in [6, 6.07) is 22.5. The zero-order valence-corrected chi connectivity index (χ0v) is 39.7. The normalized spacial score (nSPS) is 26.7. The zero-order valence-electron chi connectivity index (χ0n) is 37.9. The fourth-order valence-electron chi connectivity index (χ4n) is 10.7. The molecule has 0 radical (unpaired) electrons. The van der Waals surface area contributed by atoms with Crippen LogP contribution in [0.4, 0.5) is 4.39 Å². The molecule has 4 aromatic rings. The maximum atomic E-state index is 16.7. The highest BCUT2D eigenvalue weighted by Crippen LogP contribution is 2.58. The molecular formula is C50H61FN5O8PS. The highest BCUT2D eigenvalue weighted by atomic mass is 32.1. The van der Waals surface area contributed by atoms with Crippen LogP contribution in [0.2, 0.25) is 0 Å². The van der Waals surface area contributed by atoms with E-state index in [1.54, 1.807) is 42.5 Å². The summed E-state index contributed by atoms with van der Waals surface area (Å²) in [5, 5.41) is 6.25. The van der Waals surface area contributed by atoms with Crippen molar-refractivity contribution in [2.75, 3.05) is 33.4 Å². The van der Waals surface area contributed by atoms with Crippen molar-refractivity contribution in [3.05, 3.63) is 101 Å². The third-order valence-corrected chi connectivity index (χ3v) is 17.7. The molecule has 0 bridgehead atoms. The van der Waals surface area contributed by atoms with E-state index in [0.717, 1.165) is 32.1 Å². The van der Waals surface area contributed by atoms with Gasteiger partial charge in [-0.05, 0) is 125 Å². The highest BCUT2D eigenvalue weighted by Gasteiger charge is 2.59. The van der Waals surface area contributed by atoms with Gasteiger partial charge in [0.1, 0.15) is 23.9 Å². The maximum Gasteiger partial charge on any atom is 0.355 e. The standard InChI is InChI=1S/C50H61FN5O8PS/c1-4-24-63-49(60)32(2)53-65(61,64-40-13-9-6-10-14-40)45(51)34-15-20-43-35(26-34)27-44(66-43)46(57)52-41-18-16-37(54(3)39-21-25-62-31-39)28-38-17-19-42(56(38)47(41)58)48(59)55-30-36(29-50(55)22-23-50)33-11-7-5-8-12-33/h5-15,20,26-27,32,36-39,41-42,45H,4,16-19,21-25,28-31H2,1-3H3,(H,52,57)(H,53,61)/t32-,36+,37-,38+,39-,41-,42-,45+,65?/m0/s1. The summed E-state index contributed by atoms with van der Waals surface area (Å²) >= 11 is 1.21. The van der Waals surface area contributed by atoms with E-state index in [4.69, 9.17) is 14.0 Å². The molecule has 66 heavy (non-hydrogen) atoms. The van der Waals surface area contributed by atoms with Crippen molar-refractivity contribution in [3.63, 3.8) is 0 Å². The molecule has 1 aliphatic carbocycles. The quantitative estimate of drug-likeness (QED) is 0.0881. The number of fused-ring (bicyclic) bond motifs is 2. The molecule has 4 aliphatic heterocycles. The van der Waals surface area contributed by atoms with E-state index in [0.29, 0.717) is 66.8 Å². The van der Waals surface area contributed by atoms with Gasteiger partial charge in [-0.15, -0.1) is 11.3 Å². The topological polar surface area (TPSA) is 147 Å². The van der Waals surface area contributed by atoms with Crippen LogP contribution in [-0.2, 0) is 28.4 Å². The second kappa shape index (κ2) is 19.5. The van der Waals surface area contributed by atoms with Gasteiger partial charge >= 0.3 is 13.5 Å². The van der Waals surface area contributed by atoms with E-state index in [2.05, 4.69) is 39.4 Å². The van der Waals surface area contributed by atoms with E-state index in [1.807, 2.05) is 30.0 Å². The molecule has 5 heterocycles. The van der Waals surface area contributed by atoms with Crippen LogP contribution in [0.25, 0.3) is 10.1 Å². The molecule has 16 heteroatoms. The lowest BCUT2D eigenvalue weighted by atomic mass is 9.92. The number of carbonyl (C=O) groups is 4. The van der Waals surface area contributed by atoms with Gasteiger partial charge in [0.2, 0.25) is 17.7 Å². The highest BCUT2D eigenvalue weighted by molar-refractivity contribution is 7.57. The van der Waals surface area contributed by atoms with Crippen LogP contribution in [0.5, 0.6) is 5.75 Å². The van der Waals surface area contributed by atoms with Crippen molar-refractivity contribution in [1.29, 1.82) is 0 Å². The van der Waals surface area contributed by atoms with Crippen molar-refractivity contribution in [2.45, 2.75) is 132 Å². The number of carbonyl (C=O) groups excluding carboxylic acids is 4. The molecule has 1 aromatic heterocycles. The van der Waals surface area contributed by atoms with Crippen molar-refractivity contribution in [3.8, 4) is 5.75 Å². The van der Waals surface area contributed by atoms with Crippen LogP contribution in [0.3, 0.4) is 0 Å². The largest absolute Gasteiger partial charge is 0.465 e. The number of para-hydroxylation sites is 1. The van der Waals surface area contributed by atoms with Gasteiger partial charge in [-0.2, -0.15) is 0 Å². The number of nitrogens with one attached hydrogen (secondary N) is 2. The first-order valence-electron chi connectivity index (χ1n) is 23.6. The second-order valence-electron chi connectivity index (χ2n) is 18.9. The maximum absolute atomic E-state index is 16.7. The summed E-state index contributed by atoms with van der Waals surface area (Å²) in [4.78, 5) is 63.5. The van der Waals surface area contributed by atoms with Crippen molar-refractivity contribution in [2.24, 2.45) is 0 Å². The van der Waals surface area contributed by atoms with E-state index in [-0.39, 0.29) is 59.3 Å². The Bertz CT molecular complexity index is 2450. The van der Waals surface area contributed by atoms with E-state index >= 15 is 4.39 Å². The van der Waals surface area contributed by atoms with Crippen molar-refractivity contribution < 1.29 is 42.1 Å². The molecule has 5 aliphatic rings. The van der Waals surface area contributed by atoms with Crippen LogP contribution in [0.1, 0.15) is 111 Å². The second-order valence-corrected chi connectivity index (χ2v) is 22.1. The molecule has 13 nitrogen and oxygen atoms in total. The number of alkyl halides is 1. The number of hydrogen-bond donors (Lipinski definition) is 2. The summed E-state index contributed by atoms with van der Waals surface area (Å²) < 4.78 is 48.7. The molecule has 3 amide bonds. The van der Waals surface area contributed by atoms with Gasteiger partial charge in [0.25, 0.3) is 5.91 Å². The first kappa shape index (κ1) is 46.5. The van der Waals surface area contributed by atoms with E-state index in [9.17, 15) is 23.7 Å². The van der Waals surface area contributed by atoms with Gasteiger partial charge in [-0.3, -0.25) is 28.6 Å². The summed E-state index contributed by atoms with van der Waals surface area (Å²) in [5.74, 6) is -3.12. The molecule has 2 N–H and O–H groups in total. The number of hydrogen-bond acceptors (Lipinski definition) is 10. The minimum Gasteiger partial charge on any atom is -0.465 e. The van der Waals surface area contributed by atoms with E-state index < -0.39 is 43.4 Å². The number of benzene rings is 3. The summed E-state index contributed by atoms with van der Waals surface area (Å²) in [7, 11) is -2.34. The predicted molar refractivity (Wildman–Crippen MR) is 251 cm³/mol. The zero-order chi connectivity index (χ0) is 46.2. The average Bonchev–Trinajstić information content (AvgIpc) is 3.79. The Balaban J connectivity index is 0.954. The van der Waals surface area contributed by atoms with Gasteiger partial charge in [0.05, 0.1) is 18.1 Å². The first-order valence-corrected chi connectivity index (χ1v) is 26.1. The number of nitrogens with zero attached hydrogens (tertiary/aromatic N) is 3. The summed E-state index contributed by atoms with van der Waals surface area (Å²) in [6.45, 7) is 5.46. The summed E-state index contributed by atoms with van der Waals surface area (Å²) in [6.07, 6.45) is 7.50. The lowest BCUT2D eigenvalue weighted by Crippen LogP contribution is -2.59. The summed E-state index contributed by atoms with van der Waals surface area (Å²) in [5.41, 5.74) is 1.11. The Morgan fingerprint density at radius 2 is 1.74 bits per heavy atom. The third-order valence-electron chi connectivity index (χ3n) is 14.5. The Hall–Kier alpha value is -4.66. The van der Waals surface area contributed by atoms with Crippen LogP contribution in [-0.4, -0.2) is 114 Å². The van der Waals surface area contributed by atoms with Gasteiger partial charge < -0.3 is 29.1 Å². The fourth-order valence-corrected chi connectivity index (χ4v) is 13.6. The smallest absolute Gasteiger partial charge is 0.355 e. The molecule has 9 rings (SSSR count). The number of ether oxygens (including phenoxy) is 2. The SMILES string of the molecule is CCCOC(=O)[C@H](C)NP(=O)(Oc1ccccc1)[C@@H](F)c1ccc2sc(C(=O)N[C@H]3CC[C@H](N(C)[C@H]4CCOC4)C[C@H]4CC[C@@H](C(=O)N5C[C@H](c6ccccc6)CC56CC6)N4C3=O)cc2c1. The number of likely N-dealkylation sites (N-methyl/N-ethyl adjacent to an activating group) is 1. The molecule has 352 valence electrons. The molecule has 5 fully saturated rings. The Morgan fingerprint density at radius 1 is 0.985 bits per heavy atom. The lowest BCUT2D eigenvalue weighted by Gasteiger charge is -2.42. The monoisotopic (exact) mass is 941 g/mol. The van der Waals surface area contributed by atoms with Gasteiger partial charge in [-0.25, -0.2) is 9.48 Å². The molecule has 1 unspecified atom stereocenters. The van der Waals surface area contributed by atoms with Crippen LogP contribution in [0, 0.1) is 0 Å². The molecule has 4 saturated heterocycles. The first-order chi connectivity index (χ1) is 31.9. The number of rotatable bonds is 15. The third kappa shape index (κ3) is 9.56. The van der Waals surface area contributed by atoms with Crippen molar-refractivity contribution in [1.82, 2.24) is 25.1 Å². The minimum absolute atomic E-state index is 0.0211. The predicted octanol–water partition coefficient (Wildman–Crippen LogP) is 8.35. The van der Waals surface area contributed by atoms with Crippen LogP contribution in [0.15, 0.2) is 84.9 Å².